The van der Waals surface area contributed by atoms with Crippen LogP contribution >= 0.6 is 0 Å². The number of aromatic nitrogens is 2. The Morgan fingerprint density at radius 3 is 2.58 bits per heavy atom. The third-order valence-electron chi connectivity index (χ3n) is 4.64. The zero-order chi connectivity index (χ0) is 21.6. The lowest BCUT2D eigenvalue weighted by Crippen LogP contribution is -2.20. The van der Waals surface area contributed by atoms with Gasteiger partial charge in [-0.1, -0.05) is 35.5 Å². The minimum absolute atomic E-state index is 0.129. The van der Waals surface area contributed by atoms with Crippen LogP contribution in [0.3, 0.4) is 0 Å². The summed E-state index contributed by atoms with van der Waals surface area (Å²) < 4.78 is 16.2. The van der Waals surface area contributed by atoms with Crippen molar-refractivity contribution in [1.29, 1.82) is 0 Å². The van der Waals surface area contributed by atoms with Gasteiger partial charge in [-0.2, -0.15) is 4.98 Å². The summed E-state index contributed by atoms with van der Waals surface area (Å²) in [6.45, 7) is 1.86. The van der Waals surface area contributed by atoms with Gasteiger partial charge >= 0.3 is 0 Å². The highest BCUT2D eigenvalue weighted by Gasteiger charge is 2.13. The Bertz CT molecular complexity index is 1190. The van der Waals surface area contributed by atoms with E-state index in [9.17, 15) is 4.79 Å². The number of aryl methyl sites for hydroxylation is 1. The molecule has 4 rings (SSSR count). The minimum Gasteiger partial charge on any atom is -0.497 e. The fraction of sp³-hybridized carbons (Fsp3) is 0.125. The van der Waals surface area contributed by atoms with Crippen molar-refractivity contribution < 1.29 is 18.8 Å². The predicted molar refractivity (Wildman–Crippen MR) is 117 cm³/mol. The molecule has 7 heteroatoms. The number of nitrogens with one attached hydrogen (secondary N) is 1. The monoisotopic (exact) mass is 415 g/mol. The van der Waals surface area contributed by atoms with Crippen molar-refractivity contribution in [3.8, 4) is 34.3 Å². The van der Waals surface area contributed by atoms with Gasteiger partial charge in [-0.15, -0.1) is 0 Å². The molecule has 0 spiro atoms. The summed E-state index contributed by atoms with van der Waals surface area (Å²) in [5, 5.41) is 6.86. The molecule has 0 unspecified atom stereocenters. The van der Waals surface area contributed by atoms with Gasteiger partial charge in [0.1, 0.15) is 11.5 Å². The normalized spacial score (nSPS) is 10.5. The number of carbonyl (C=O) groups is 1. The molecular formula is C24H21N3O4. The van der Waals surface area contributed by atoms with Gasteiger partial charge in [-0.25, -0.2) is 0 Å². The highest BCUT2D eigenvalue weighted by Crippen LogP contribution is 2.26. The van der Waals surface area contributed by atoms with E-state index in [1.165, 1.54) is 0 Å². The lowest BCUT2D eigenvalue weighted by Gasteiger charge is -2.08. The number of hydrogen-bond acceptors (Lipinski definition) is 6. The molecule has 0 aliphatic rings. The topological polar surface area (TPSA) is 86.5 Å². The van der Waals surface area contributed by atoms with E-state index in [4.69, 9.17) is 14.0 Å². The Morgan fingerprint density at radius 1 is 1.00 bits per heavy atom. The van der Waals surface area contributed by atoms with E-state index in [-0.39, 0.29) is 12.5 Å². The Labute approximate surface area is 179 Å². The average Bonchev–Trinajstić information content (AvgIpc) is 3.29. The molecule has 0 aliphatic heterocycles. The van der Waals surface area contributed by atoms with Crippen LogP contribution in [0.15, 0.2) is 77.3 Å². The molecule has 4 aromatic rings. The average molecular weight is 415 g/mol. The molecule has 0 saturated heterocycles. The van der Waals surface area contributed by atoms with Crippen LogP contribution in [0.25, 0.3) is 22.8 Å². The molecule has 7 nitrogen and oxygen atoms in total. The lowest BCUT2D eigenvalue weighted by molar-refractivity contribution is -0.118. The smallest absolute Gasteiger partial charge is 0.262 e. The van der Waals surface area contributed by atoms with E-state index in [0.717, 1.165) is 22.4 Å². The molecule has 1 aromatic heterocycles. The van der Waals surface area contributed by atoms with Crippen molar-refractivity contribution in [3.05, 3.63) is 78.4 Å². The van der Waals surface area contributed by atoms with Crippen molar-refractivity contribution in [1.82, 2.24) is 10.1 Å². The van der Waals surface area contributed by atoms with E-state index < -0.39 is 0 Å². The molecule has 1 heterocycles. The number of rotatable bonds is 7. The quantitative estimate of drug-likeness (QED) is 0.469. The standard InChI is InChI=1S/C24H21N3O4/c1-16-6-3-4-9-21(16)24-26-23(27-31-24)17-7-5-8-20(14-17)30-15-22(28)25-18-10-12-19(29-2)13-11-18/h3-14H,15H2,1-2H3,(H,25,28). The van der Waals surface area contributed by atoms with Crippen LogP contribution in [0.5, 0.6) is 11.5 Å². The first-order valence-electron chi connectivity index (χ1n) is 9.69. The van der Waals surface area contributed by atoms with Gasteiger partial charge in [-0.3, -0.25) is 4.79 Å². The van der Waals surface area contributed by atoms with E-state index in [2.05, 4.69) is 15.5 Å². The second-order valence-electron chi connectivity index (χ2n) is 6.83. The molecule has 0 atom stereocenters. The fourth-order valence-corrected chi connectivity index (χ4v) is 3.01. The van der Waals surface area contributed by atoms with Crippen LogP contribution < -0.4 is 14.8 Å². The Hall–Kier alpha value is -4.13. The summed E-state index contributed by atoms with van der Waals surface area (Å²) >= 11 is 0. The number of nitrogens with zero attached hydrogens (tertiary/aromatic N) is 2. The highest BCUT2D eigenvalue weighted by molar-refractivity contribution is 5.91. The molecule has 1 N–H and O–H groups in total. The Kier molecular flexibility index (Phi) is 5.93. The second kappa shape index (κ2) is 9.13. The third kappa shape index (κ3) is 4.90. The Morgan fingerprint density at radius 2 is 1.81 bits per heavy atom. The summed E-state index contributed by atoms with van der Waals surface area (Å²) in [5.74, 6) is 1.89. The van der Waals surface area contributed by atoms with E-state index in [1.54, 1.807) is 43.5 Å². The zero-order valence-electron chi connectivity index (χ0n) is 17.2. The molecule has 31 heavy (non-hydrogen) atoms. The summed E-state index contributed by atoms with van der Waals surface area (Å²) in [7, 11) is 1.59. The fourth-order valence-electron chi connectivity index (χ4n) is 3.01. The van der Waals surface area contributed by atoms with Crippen LogP contribution in [-0.4, -0.2) is 29.8 Å². The van der Waals surface area contributed by atoms with Gasteiger partial charge in [0.2, 0.25) is 5.82 Å². The molecule has 1 amide bonds. The summed E-state index contributed by atoms with van der Waals surface area (Å²) in [6.07, 6.45) is 0. The number of hydrogen-bond donors (Lipinski definition) is 1. The van der Waals surface area contributed by atoms with Crippen molar-refractivity contribution >= 4 is 11.6 Å². The van der Waals surface area contributed by atoms with Crippen LogP contribution in [0.1, 0.15) is 5.56 Å². The number of methoxy groups -OCH3 is 1. The van der Waals surface area contributed by atoms with Gasteiger partial charge in [0.15, 0.2) is 6.61 Å². The highest BCUT2D eigenvalue weighted by atomic mass is 16.5. The van der Waals surface area contributed by atoms with E-state index in [0.29, 0.717) is 23.2 Å². The van der Waals surface area contributed by atoms with Gasteiger partial charge in [0.05, 0.1) is 7.11 Å². The Balaban J connectivity index is 1.40. The maximum absolute atomic E-state index is 12.2. The van der Waals surface area contributed by atoms with Gasteiger partial charge < -0.3 is 19.3 Å². The maximum Gasteiger partial charge on any atom is 0.262 e. The van der Waals surface area contributed by atoms with Crippen molar-refractivity contribution in [2.24, 2.45) is 0 Å². The summed E-state index contributed by atoms with van der Waals surface area (Å²) in [6, 6.07) is 22.1. The van der Waals surface area contributed by atoms with Crippen LogP contribution in [0, 0.1) is 6.92 Å². The van der Waals surface area contributed by atoms with Crippen LogP contribution in [-0.2, 0) is 4.79 Å². The largest absolute Gasteiger partial charge is 0.497 e. The van der Waals surface area contributed by atoms with Crippen LogP contribution in [0.4, 0.5) is 5.69 Å². The first-order chi connectivity index (χ1) is 15.1. The van der Waals surface area contributed by atoms with Crippen LogP contribution in [0.2, 0.25) is 0 Å². The maximum atomic E-state index is 12.2. The second-order valence-corrected chi connectivity index (χ2v) is 6.83. The predicted octanol–water partition coefficient (Wildman–Crippen LogP) is 4.74. The minimum atomic E-state index is -0.267. The first kappa shape index (κ1) is 20.2. The molecule has 156 valence electrons. The zero-order valence-corrected chi connectivity index (χ0v) is 17.2. The third-order valence-corrected chi connectivity index (χ3v) is 4.64. The molecule has 0 aliphatic carbocycles. The molecule has 0 fully saturated rings. The summed E-state index contributed by atoms with van der Waals surface area (Å²) in [4.78, 5) is 16.7. The van der Waals surface area contributed by atoms with Gasteiger partial charge in [-0.05, 0) is 55.0 Å². The van der Waals surface area contributed by atoms with Gasteiger partial charge in [0, 0.05) is 16.8 Å². The molecule has 0 saturated carbocycles. The molecular weight excluding hydrogens is 394 g/mol. The van der Waals surface area contributed by atoms with Crippen molar-refractivity contribution in [2.45, 2.75) is 6.92 Å². The lowest BCUT2D eigenvalue weighted by atomic mass is 10.1. The number of anilines is 1. The SMILES string of the molecule is COc1ccc(NC(=O)COc2cccc(-c3noc(-c4ccccc4C)n3)c2)cc1. The van der Waals surface area contributed by atoms with E-state index >= 15 is 0 Å². The molecule has 0 bridgehead atoms. The molecule has 3 aromatic carbocycles. The van der Waals surface area contributed by atoms with Gasteiger partial charge in [0.25, 0.3) is 11.8 Å². The van der Waals surface area contributed by atoms with Crippen molar-refractivity contribution in [2.75, 3.05) is 19.0 Å². The number of amides is 1. The number of carbonyl (C=O) groups excluding carboxylic acids is 1. The number of benzene rings is 3. The molecule has 0 radical (unpaired) electrons. The van der Waals surface area contributed by atoms with Crippen molar-refractivity contribution in [3.63, 3.8) is 0 Å². The van der Waals surface area contributed by atoms with E-state index in [1.807, 2.05) is 43.3 Å². The summed E-state index contributed by atoms with van der Waals surface area (Å²) in [5.41, 5.74) is 3.34. The number of ether oxygens (including phenoxy) is 2. The first-order valence-corrected chi connectivity index (χ1v) is 9.69.